The minimum atomic E-state index is -1.86. The van der Waals surface area contributed by atoms with Gasteiger partial charge in [-0.1, -0.05) is 0 Å². The maximum atomic E-state index is 5.45. The number of hydrogen-bond donors (Lipinski definition) is 0. The molecule has 1 nitrogen and oxygen atoms in total. The molecule has 9 heavy (non-hydrogen) atoms. The van der Waals surface area contributed by atoms with Crippen molar-refractivity contribution in [2.45, 2.75) is 34.1 Å². The molecule has 56 valence electrons. The van der Waals surface area contributed by atoms with E-state index in [0.717, 1.165) is 0 Å². The SMILES string of the molecule is CCC[CH2][Sn]([CH3])([CH3])[O]C. The molecule has 0 saturated heterocycles. The molecular formula is C7H18OSn. The first kappa shape index (κ1) is 9.76. The van der Waals surface area contributed by atoms with Crippen molar-refractivity contribution < 1.29 is 3.07 Å². The van der Waals surface area contributed by atoms with E-state index in [2.05, 4.69) is 16.8 Å². The summed E-state index contributed by atoms with van der Waals surface area (Å²) in [4.78, 5) is 4.68. The molecule has 0 fully saturated rings. The second kappa shape index (κ2) is 4.56. The van der Waals surface area contributed by atoms with Crippen molar-refractivity contribution >= 4 is 18.8 Å². The summed E-state index contributed by atoms with van der Waals surface area (Å²) >= 11 is -1.86. The van der Waals surface area contributed by atoms with Crippen molar-refractivity contribution in [3.8, 4) is 0 Å². The summed E-state index contributed by atoms with van der Waals surface area (Å²) < 4.78 is 6.83. The Balaban J connectivity index is 3.33. The number of unbranched alkanes of at least 4 members (excludes halogenated alkanes) is 1. The average molecular weight is 237 g/mol. The molecule has 0 aromatic heterocycles. The zero-order chi connectivity index (χ0) is 7.33. The van der Waals surface area contributed by atoms with Gasteiger partial charge in [0, 0.05) is 0 Å². The van der Waals surface area contributed by atoms with E-state index in [4.69, 9.17) is 3.07 Å². The topological polar surface area (TPSA) is 9.23 Å². The van der Waals surface area contributed by atoms with E-state index in [0.29, 0.717) is 0 Å². The second-order valence-corrected chi connectivity index (χ2v) is 15.7. The third kappa shape index (κ3) is 5.22. The monoisotopic (exact) mass is 238 g/mol. The Labute approximate surface area is 63.2 Å². The van der Waals surface area contributed by atoms with E-state index in [-0.39, 0.29) is 0 Å². The van der Waals surface area contributed by atoms with E-state index >= 15 is 0 Å². The molecule has 0 amide bonds. The van der Waals surface area contributed by atoms with Crippen molar-refractivity contribution in [1.82, 2.24) is 0 Å². The summed E-state index contributed by atoms with van der Waals surface area (Å²) in [6.45, 7) is 2.23. The molecule has 0 aliphatic rings. The quantitative estimate of drug-likeness (QED) is 0.683. The molecule has 0 aliphatic carbocycles. The first-order valence-electron chi connectivity index (χ1n) is 3.67. The second-order valence-electron chi connectivity index (χ2n) is 3.07. The van der Waals surface area contributed by atoms with Gasteiger partial charge in [-0.3, -0.25) is 0 Å². The van der Waals surface area contributed by atoms with Gasteiger partial charge < -0.3 is 0 Å². The Morgan fingerprint density at radius 2 is 1.89 bits per heavy atom. The molecule has 0 rings (SSSR count). The number of rotatable bonds is 4. The molecule has 2 heteroatoms. The van der Waals surface area contributed by atoms with Gasteiger partial charge in [0.2, 0.25) is 0 Å². The summed E-state index contributed by atoms with van der Waals surface area (Å²) in [5, 5.41) is 0. The summed E-state index contributed by atoms with van der Waals surface area (Å²) in [6.07, 6.45) is 2.67. The summed E-state index contributed by atoms with van der Waals surface area (Å²) in [7, 11) is 1.87. The molecular weight excluding hydrogens is 219 g/mol. The third-order valence-corrected chi connectivity index (χ3v) is 9.29. The van der Waals surface area contributed by atoms with Gasteiger partial charge in [-0.25, -0.2) is 0 Å². The molecule has 0 aliphatic heterocycles. The fourth-order valence-electron chi connectivity index (χ4n) is 0.705. The van der Waals surface area contributed by atoms with E-state index in [1.54, 1.807) is 0 Å². The van der Waals surface area contributed by atoms with E-state index in [1.165, 1.54) is 17.3 Å². The van der Waals surface area contributed by atoms with Crippen LogP contribution in [-0.2, 0) is 3.07 Å². The van der Waals surface area contributed by atoms with Crippen LogP contribution in [0.5, 0.6) is 0 Å². The van der Waals surface area contributed by atoms with Crippen LogP contribution in [0.1, 0.15) is 19.8 Å². The van der Waals surface area contributed by atoms with Gasteiger partial charge in [0.15, 0.2) is 0 Å². The van der Waals surface area contributed by atoms with E-state index in [1.807, 2.05) is 7.11 Å². The van der Waals surface area contributed by atoms with Crippen LogP contribution in [0.15, 0.2) is 0 Å². The summed E-state index contributed by atoms with van der Waals surface area (Å²) in [5.41, 5.74) is 0. The van der Waals surface area contributed by atoms with Crippen molar-refractivity contribution in [1.29, 1.82) is 0 Å². The minimum absolute atomic E-state index is 1.31. The molecule has 0 spiro atoms. The zero-order valence-electron chi connectivity index (χ0n) is 7.03. The molecule has 0 N–H and O–H groups in total. The van der Waals surface area contributed by atoms with Crippen molar-refractivity contribution in [3.05, 3.63) is 0 Å². The third-order valence-electron chi connectivity index (χ3n) is 1.68. The van der Waals surface area contributed by atoms with Gasteiger partial charge in [-0.2, -0.15) is 0 Å². The molecule has 0 bridgehead atoms. The van der Waals surface area contributed by atoms with Gasteiger partial charge in [0.25, 0.3) is 0 Å². The maximum absolute atomic E-state index is 5.45. The van der Waals surface area contributed by atoms with Crippen molar-refractivity contribution in [3.63, 3.8) is 0 Å². The van der Waals surface area contributed by atoms with Crippen LogP contribution in [0.25, 0.3) is 0 Å². The van der Waals surface area contributed by atoms with Crippen LogP contribution in [-0.4, -0.2) is 25.9 Å². The van der Waals surface area contributed by atoms with Gasteiger partial charge in [0.05, 0.1) is 0 Å². The summed E-state index contributed by atoms with van der Waals surface area (Å²) in [5.74, 6) is 0. The molecule has 0 heterocycles. The van der Waals surface area contributed by atoms with Gasteiger partial charge in [-0.15, -0.1) is 0 Å². The molecule has 0 unspecified atom stereocenters. The van der Waals surface area contributed by atoms with Crippen LogP contribution in [0.2, 0.25) is 14.3 Å². The standard InChI is InChI=1S/C4H9.CH3O.2CH3.Sn/c1-3-4-2;1-2;;;/h1,3-4H2,2H3;1H3;2*1H3;/q;-1;;;+1. The fraction of sp³-hybridized carbons (Fsp3) is 1.00. The molecule has 0 atom stereocenters. The van der Waals surface area contributed by atoms with Crippen LogP contribution in [0.3, 0.4) is 0 Å². The van der Waals surface area contributed by atoms with Crippen LogP contribution in [0.4, 0.5) is 0 Å². The predicted molar refractivity (Wildman–Crippen MR) is 44.2 cm³/mol. The molecule has 0 aromatic rings. The van der Waals surface area contributed by atoms with Gasteiger partial charge in [0.1, 0.15) is 0 Å². The van der Waals surface area contributed by atoms with Crippen LogP contribution < -0.4 is 0 Å². The Morgan fingerprint density at radius 1 is 1.33 bits per heavy atom. The fourth-order valence-corrected chi connectivity index (χ4v) is 4.73. The van der Waals surface area contributed by atoms with Crippen molar-refractivity contribution in [2.75, 3.05) is 7.11 Å². The first-order valence-corrected chi connectivity index (χ1v) is 12.6. The average Bonchev–Trinajstić information content (AvgIpc) is 1.84. The molecule has 0 aromatic carbocycles. The first-order chi connectivity index (χ1) is 4.12. The normalized spacial score (nSPS) is 12.0. The summed E-state index contributed by atoms with van der Waals surface area (Å²) in [6, 6.07) is 0. The predicted octanol–water partition coefficient (Wildman–Crippen LogP) is 2.64. The Bertz CT molecular complexity index is 71.3. The number of hydrogen-bond acceptors (Lipinski definition) is 1. The Hall–Kier alpha value is 0.759. The zero-order valence-corrected chi connectivity index (χ0v) is 9.88. The van der Waals surface area contributed by atoms with Crippen molar-refractivity contribution in [2.24, 2.45) is 0 Å². The van der Waals surface area contributed by atoms with Crippen LogP contribution >= 0.6 is 0 Å². The van der Waals surface area contributed by atoms with E-state index < -0.39 is 18.8 Å². The van der Waals surface area contributed by atoms with Gasteiger partial charge in [-0.05, 0) is 0 Å². The molecule has 0 radical (unpaired) electrons. The molecule has 0 saturated carbocycles. The Morgan fingerprint density at radius 3 is 2.22 bits per heavy atom. The van der Waals surface area contributed by atoms with E-state index in [9.17, 15) is 0 Å². The van der Waals surface area contributed by atoms with Gasteiger partial charge >= 0.3 is 63.1 Å². The van der Waals surface area contributed by atoms with Crippen LogP contribution in [0, 0.1) is 0 Å². The Kier molecular flexibility index (Phi) is 4.94.